The van der Waals surface area contributed by atoms with E-state index in [4.69, 9.17) is 0 Å². The van der Waals surface area contributed by atoms with Crippen molar-refractivity contribution in [1.82, 2.24) is 0 Å². The molecule has 0 saturated carbocycles. The number of hydrogen-bond donors (Lipinski definition) is 2. The highest BCUT2D eigenvalue weighted by Gasteiger charge is 2.30. The number of carbonyl (C=O) groups is 1. The zero-order valence-corrected chi connectivity index (χ0v) is 13.7. The first kappa shape index (κ1) is 17.8. The topological polar surface area (TPSA) is 41.1 Å². The van der Waals surface area contributed by atoms with Crippen LogP contribution in [0.3, 0.4) is 0 Å². The van der Waals surface area contributed by atoms with Crippen LogP contribution in [0, 0.1) is 0 Å². The van der Waals surface area contributed by atoms with Gasteiger partial charge < -0.3 is 10.6 Å². The number of benzene rings is 2. The lowest BCUT2D eigenvalue weighted by Crippen LogP contribution is -2.20. The highest BCUT2D eigenvalue weighted by Crippen LogP contribution is 2.30. The number of amides is 2. The maximum absolute atomic E-state index is 12.7. The normalized spacial score (nSPS) is 11.9. The first-order valence-corrected chi connectivity index (χ1v) is 7.41. The fourth-order valence-electron chi connectivity index (χ4n) is 2.12. The van der Waals surface area contributed by atoms with Crippen LogP contribution >= 0.6 is 0 Å². The second-order valence-electron chi connectivity index (χ2n) is 6.49. The zero-order chi connectivity index (χ0) is 18.0. The third-order valence-electron chi connectivity index (χ3n) is 3.46. The minimum atomic E-state index is -4.45. The lowest BCUT2D eigenvalue weighted by molar-refractivity contribution is -0.137. The van der Waals surface area contributed by atoms with Gasteiger partial charge in [0, 0.05) is 11.4 Å². The Morgan fingerprint density at radius 3 is 1.96 bits per heavy atom. The lowest BCUT2D eigenvalue weighted by Gasteiger charge is -2.19. The van der Waals surface area contributed by atoms with E-state index in [-0.39, 0.29) is 11.1 Å². The van der Waals surface area contributed by atoms with Crippen LogP contribution in [0.4, 0.5) is 29.3 Å². The minimum Gasteiger partial charge on any atom is -0.308 e. The smallest absolute Gasteiger partial charge is 0.308 e. The molecule has 2 rings (SSSR count). The van der Waals surface area contributed by atoms with E-state index in [1.54, 1.807) is 12.1 Å². The van der Waals surface area contributed by atoms with Gasteiger partial charge in [0.2, 0.25) is 0 Å². The van der Waals surface area contributed by atoms with Crippen LogP contribution in [-0.4, -0.2) is 6.03 Å². The van der Waals surface area contributed by atoms with Gasteiger partial charge in [-0.3, -0.25) is 0 Å². The van der Waals surface area contributed by atoms with Crippen LogP contribution in [0.25, 0.3) is 0 Å². The summed E-state index contributed by atoms with van der Waals surface area (Å²) in [6, 6.07) is 11.2. The molecule has 0 fully saturated rings. The highest BCUT2D eigenvalue weighted by atomic mass is 19.4. The molecule has 0 atom stereocenters. The summed E-state index contributed by atoms with van der Waals surface area (Å²) < 4.78 is 38.0. The van der Waals surface area contributed by atoms with E-state index in [0.29, 0.717) is 5.69 Å². The highest BCUT2D eigenvalue weighted by molar-refractivity contribution is 5.99. The van der Waals surface area contributed by atoms with Crippen molar-refractivity contribution in [2.75, 3.05) is 10.6 Å². The summed E-state index contributed by atoms with van der Waals surface area (Å²) in [4.78, 5) is 11.9. The number of anilines is 2. The fourth-order valence-corrected chi connectivity index (χ4v) is 2.12. The quantitative estimate of drug-likeness (QED) is 0.731. The van der Waals surface area contributed by atoms with Gasteiger partial charge in [-0.15, -0.1) is 0 Å². The molecular weight excluding hydrogens is 317 g/mol. The molecule has 0 aromatic heterocycles. The molecule has 0 aliphatic rings. The van der Waals surface area contributed by atoms with Gasteiger partial charge in [-0.05, 0) is 41.3 Å². The Bertz CT molecular complexity index is 716. The number of hydrogen-bond acceptors (Lipinski definition) is 1. The number of halogens is 3. The number of rotatable bonds is 2. The first-order valence-electron chi connectivity index (χ1n) is 7.41. The predicted molar refractivity (Wildman–Crippen MR) is 89.2 cm³/mol. The van der Waals surface area contributed by atoms with Crippen LogP contribution in [0.2, 0.25) is 0 Å². The molecule has 0 bridgehead atoms. The largest absolute Gasteiger partial charge is 0.416 e. The van der Waals surface area contributed by atoms with Gasteiger partial charge in [-0.2, -0.15) is 13.2 Å². The predicted octanol–water partition coefficient (Wildman–Crippen LogP) is 5.65. The zero-order valence-electron chi connectivity index (χ0n) is 13.7. The van der Waals surface area contributed by atoms with Crippen molar-refractivity contribution in [3.8, 4) is 0 Å². The van der Waals surface area contributed by atoms with Crippen molar-refractivity contribution >= 4 is 17.4 Å². The molecule has 0 aliphatic heterocycles. The fraction of sp³-hybridized carbons (Fsp3) is 0.278. The molecule has 2 amide bonds. The van der Waals surface area contributed by atoms with Gasteiger partial charge in [-0.1, -0.05) is 39.0 Å². The van der Waals surface area contributed by atoms with Gasteiger partial charge in [0.1, 0.15) is 0 Å². The molecule has 0 unspecified atom stereocenters. The molecule has 2 aromatic rings. The van der Waals surface area contributed by atoms with E-state index in [0.717, 1.165) is 17.7 Å². The molecule has 128 valence electrons. The van der Waals surface area contributed by atoms with Crippen LogP contribution < -0.4 is 10.6 Å². The average Bonchev–Trinajstić information content (AvgIpc) is 2.46. The maximum atomic E-state index is 12.7. The van der Waals surface area contributed by atoms with Gasteiger partial charge in [0.25, 0.3) is 0 Å². The molecule has 2 aromatic carbocycles. The molecule has 6 heteroatoms. The molecule has 0 aliphatic carbocycles. The van der Waals surface area contributed by atoms with Gasteiger partial charge in [0.05, 0.1) is 5.56 Å². The number of urea groups is 1. The molecule has 0 heterocycles. The first-order chi connectivity index (χ1) is 11.1. The summed E-state index contributed by atoms with van der Waals surface area (Å²) in [5.41, 5.74) is 0.945. The lowest BCUT2D eigenvalue weighted by atomic mass is 9.87. The third kappa shape index (κ3) is 4.75. The Morgan fingerprint density at radius 2 is 1.42 bits per heavy atom. The molecule has 3 nitrogen and oxygen atoms in total. The second kappa shape index (κ2) is 6.55. The summed E-state index contributed by atoms with van der Waals surface area (Å²) in [7, 11) is 0. The van der Waals surface area contributed by atoms with Crippen LogP contribution in [0.1, 0.15) is 31.9 Å². The number of nitrogens with one attached hydrogen (secondary N) is 2. The Labute approximate surface area is 138 Å². The van der Waals surface area contributed by atoms with Crippen molar-refractivity contribution in [1.29, 1.82) is 0 Å². The average molecular weight is 336 g/mol. The second-order valence-corrected chi connectivity index (χ2v) is 6.49. The number of alkyl halides is 3. The number of carbonyl (C=O) groups excluding carboxylic acids is 1. The van der Waals surface area contributed by atoms with E-state index in [2.05, 4.69) is 31.4 Å². The Hall–Kier alpha value is -2.50. The summed E-state index contributed by atoms with van der Waals surface area (Å²) in [5.74, 6) is 0. The van der Waals surface area contributed by atoms with Gasteiger partial charge in [0.15, 0.2) is 0 Å². The monoisotopic (exact) mass is 336 g/mol. The molecular formula is C18H19F3N2O. The van der Waals surface area contributed by atoms with Crippen LogP contribution in [0.5, 0.6) is 0 Å². The van der Waals surface area contributed by atoms with Crippen molar-refractivity contribution in [3.05, 3.63) is 59.7 Å². The van der Waals surface area contributed by atoms with Crippen molar-refractivity contribution < 1.29 is 18.0 Å². The van der Waals surface area contributed by atoms with Gasteiger partial charge in [-0.25, -0.2) is 4.79 Å². The van der Waals surface area contributed by atoms with Gasteiger partial charge >= 0.3 is 12.2 Å². The van der Waals surface area contributed by atoms with Crippen LogP contribution in [-0.2, 0) is 11.6 Å². The summed E-state index contributed by atoms with van der Waals surface area (Å²) in [6.45, 7) is 6.24. The van der Waals surface area contributed by atoms with Crippen molar-refractivity contribution in [3.63, 3.8) is 0 Å². The van der Waals surface area contributed by atoms with E-state index in [1.807, 2.05) is 12.1 Å². The molecule has 0 spiro atoms. The van der Waals surface area contributed by atoms with E-state index in [1.165, 1.54) is 12.1 Å². The summed E-state index contributed by atoms with van der Waals surface area (Å²) in [6.07, 6.45) is -4.45. The van der Waals surface area contributed by atoms with E-state index in [9.17, 15) is 18.0 Å². The minimum absolute atomic E-state index is 0.00117. The molecule has 24 heavy (non-hydrogen) atoms. The molecule has 0 saturated heterocycles. The standard InChI is InChI=1S/C18H19F3N2O/c1-17(2,3)12-7-9-14(10-8-12)22-16(24)23-15-6-4-5-13(11-15)18(19,20)21/h4-11H,1-3H3,(H2,22,23,24). The molecule has 2 N–H and O–H groups in total. The Morgan fingerprint density at radius 1 is 0.833 bits per heavy atom. The van der Waals surface area contributed by atoms with E-state index >= 15 is 0 Å². The van der Waals surface area contributed by atoms with Crippen LogP contribution in [0.15, 0.2) is 48.5 Å². The summed E-state index contributed by atoms with van der Waals surface area (Å²) in [5, 5.41) is 4.99. The van der Waals surface area contributed by atoms with Crippen molar-refractivity contribution in [2.45, 2.75) is 32.4 Å². The van der Waals surface area contributed by atoms with E-state index < -0.39 is 17.8 Å². The SMILES string of the molecule is CC(C)(C)c1ccc(NC(=O)Nc2cccc(C(F)(F)F)c2)cc1. The Balaban J connectivity index is 2.03. The molecule has 0 radical (unpaired) electrons. The summed E-state index contributed by atoms with van der Waals surface area (Å²) >= 11 is 0. The Kier molecular flexibility index (Phi) is 4.87. The van der Waals surface area contributed by atoms with Crippen molar-refractivity contribution in [2.24, 2.45) is 0 Å². The third-order valence-corrected chi connectivity index (χ3v) is 3.46. The maximum Gasteiger partial charge on any atom is 0.416 e.